The van der Waals surface area contributed by atoms with Gasteiger partial charge in [-0.2, -0.15) is 5.26 Å². The van der Waals surface area contributed by atoms with E-state index >= 15 is 0 Å². The topological polar surface area (TPSA) is 102 Å². The molecule has 0 aliphatic carbocycles. The van der Waals surface area contributed by atoms with Gasteiger partial charge < -0.3 is 16.2 Å². The van der Waals surface area contributed by atoms with Crippen LogP contribution in [0, 0.1) is 11.3 Å². The van der Waals surface area contributed by atoms with Gasteiger partial charge in [-0.1, -0.05) is 18.2 Å². The predicted octanol–water partition coefficient (Wildman–Crippen LogP) is 1.82. The van der Waals surface area contributed by atoms with Crippen LogP contribution >= 0.6 is 0 Å². The lowest BCUT2D eigenvalue weighted by Gasteiger charge is -2.11. The number of ether oxygens (including phenoxy) is 1. The van der Waals surface area contributed by atoms with Crippen molar-refractivity contribution in [2.75, 3.05) is 5.73 Å². The van der Waals surface area contributed by atoms with Gasteiger partial charge in [0.05, 0.1) is 17.3 Å². The number of nitrogens with zero attached hydrogens (tertiary/aromatic N) is 1. The first-order valence-electron chi connectivity index (χ1n) is 5.92. The van der Waals surface area contributed by atoms with Crippen LogP contribution in [-0.4, -0.2) is 5.91 Å². The molecule has 0 aliphatic heterocycles. The van der Waals surface area contributed by atoms with E-state index in [1.165, 1.54) is 6.07 Å². The molecule has 2 aromatic carbocycles. The summed E-state index contributed by atoms with van der Waals surface area (Å²) in [5, 5.41) is 8.76. The number of hydrogen-bond donors (Lipinski definition) is 2. The molecule has 5 nitrogen and oxygen atoms in total. The molecule has 0 saturated heterocycles. The molecule has 1 amide bonds. The number of primary amides is 1. The first kappa shape index (κ1) is 13.4. The third-order valence-corrected chi connectivity index (χ3v) is 2.80. The number of rotatable bonds is 4. The number of carbonyl (C=O) groups excluding carboxylic acids is 1. The lowest BCUT2D eigenvalue weighted by Crippen LogP contribution is -2.14. The van der Waals surface area contributed by atoms with Crippen molar-refractivity contribution in [1.29, 1.82) is 5.26 Å². The number of benzene rings is 2. The van der Waals surface area contributed by atoms with Crippen molar-refractivity contribution < 1.29 is 9.53 Å². The third-order valence-electron chi connectivity index (χ3n) is 2.80. The molecule has 0 saturated carbocycles. The van der Waals surface area contributed by atoms with Crippen molar-refractivity contribution in [3.8, 4) is 11.8 Å². The van der Waals surface area contributed by atoms with Crippen molar-refractivity contribution in [2.45, 2.75) is 6.61 Å². The van der Waals surface area contributed by atoms with E-state index in [1.54, 1.807) is 36.4 Å². The molecule has 4 N–H and O–H groups in total. The zero-order valence-electron chi connectivity index (χ0n) is 10.7. The lowest BCUT2D eigenvalue weighted by molar-refractivity contribution is 0.0998. The summed E-state index contributed by atoms with van der Waals surface area (Å²) in [6, 6.07) is 13.7. The SMILES string of the molecule is N#Cc1ccc(OCc2ccccc2C(N)=O)c(N)c1. The second kappa shape index (κ2) is 5.76. The largest absolute Gasteiger partial charge is 0.487 e. The summed E-state index contributed by atoms with van der Waals surface area (Å²) in [5.41, 5.74) is 13.0. The molecule has 0 spiro atoms. The highest BCUT2D eigenvalue weighted by Crippen LogP contribution is 2.23. The maximum absolute atomic E-state index is 11.3. The van der Waals surface area contributed by atoms with E-state index in [1.807, 2.05) is 6.07 Å². The van der Waals surface area contributed by atoms with Gasteiger partial charge in [0, 0.05) is 11.1 Å². The smallest absolute Gasteiger partial charge is 0.249 e. The molecule has 5 heteroatoms. The molecular weight excluding hydrogens is 254 g/mol. The van der Waals surface area contributed by atoms with E-state index in [9.17, 15) is 4.79 Å². The number of nitrogens with two attached hydrogens (primary N) is 2. The highest BCUT2D eigenvalue weighted by atomic mass is 16.5. The summed E-state index contributed by atoms with van der Waals surface area (Å²) in [7, 11) is 0. The molecule has 20 heavy (non-hydrogen) atoms. The summed E-state index contributed by atoms with van der Waals surface area (Å²) in [6.45, 7) is 0.176. The lowest BCUT2D eigenvalue weighted by atomic mass is 10.1. The van der Waals surface area contributed by atoms with Crippen LogP contribution in [-0.2, 0) is 6.61 Å². The van der Waals surface area contributed by atoms with Gasteiger partial charge in [0.2, 0.25) is 5.91 Å². The second-order valence-electron chi connectivity index (χ2n) is 4.17. The Hall–Kier alpha value is -3.00. The monoisotopic (exact) mass is 267 g/mol. The molecule has 0 bridgehead atoms. The summed E-state index contributed by atoms with van der Waals surface area (Å²) in [5.74, 6) is -0.0414. The molecule has 0 heterocycles. The Morgan fingerprint density at radius 2 is 2.00 bits per heavy atom. The van der Waals surface area contributed by atoms with Crippen molar-refractivity contribution >= 4 is 11.6 Å². The first-order chi connectivity index (χ1) is 9.61. The van der Waals surface area contributed by atoms with Gasteiger partial charge in [-0.15, -0.1) is 0 Å². The molecule has 0 radical (unpaired) electrons. The fourth-order valence-electron chi connectivity index (χ4n) is 1.79. The van der Waals surface area contributed by atoms with E-state index in [-0.39, 0.29) is 6.61 Å². The molecule has 0 aromatic heterocycles. The predicted molar refractivity (Wildman–Crippen MR) is 74.9 cm³/mol. The first-order valence-corrected chi connectivity index (χ1v) is 5.92. The summed E-state index contributed by atoms with van der Waals surface area (Å²) in [6.07, 6.45) is 0. The van der Waals surface area contributed by atoms with Crippen LogP contribution in [0.4, 0.5) is 5.69 Å². The van der Waals surface area contributed by atoms with Gasteiger partial charge in [0.15, 0.2) is 0 Å². The molecule has 2 aromatic rings. The molecule has 0 atom stereocenters. The quantitative estimate of drug-likeness (QED) is 0.825. The van der Waals surface area contributed by atoms with Crippen LogP contribution in [0.5, 0.6) is 5.75 Å². The Balaban J connectivity index is 2.18. The van der Waals surface area contributed by atoms with Gasteiger partial charge >= 0.3 is 0 Å². The van der Waals surface area contributed by atoms with Crippen molar-refractivity contribution in [3.05, 3.63) is 59.2 Å². The van der Waals surface area contributed by atoms with Gasteiger partial charge in [0.1, 0.15) is 12.4 Å². The van der Waals surface area contributed by atoms with E-state index in [0.29, 0.717) is 28.1 Å². The Morgan fingerprint density at radius 3 is 2.65 bits per heavy atom. The number of hydrogen-bond acceptors (Lipinski definition) is 4. The van der Waals surface area contributed by atoms with Gasteiger partial charge in [-0.3, -0.25) is 4.79 Å². The van der Waals surface area contributed by atoms with Crippen LogP contribution in [0.15, 0.2) is 42.5 Å². The normalized spacial score (nSPS) is 9.75. The minimum Gasteiger partial charge on any atom is -0.487 e. The molecule has 2 rings (SSSR count). The number of carbonyl (C=O) groups is 1. The van der Waals surface area contributed by atoms with Crippen LogP contribution in [0.2, 0.25) is 0 Å². The van der Waals surface area contributed by atoms with Crippen molar-refractivity contribution in [3.63, 3.8) is 0 Å². The van der Waals surface area contributed by atoms with Crippen LogP contribution in [0.1, 0.15) is 21.5 Å². The van der Waals surface area contributed by atoms with Crippen LogP contribution in [0.3, 0.4) is 0 Å². The molecule has 0 fully saturated rings. The van der Waals surface area contributed by atoms with Crippen LogP contribution in [0.25, 0.3) is 0 Å². The van der Waals surface area contributed by atoms with E-state index in [4.69, 9.17) is 21.5 Å². The maximum Gasteiger partial charge on any atom is 0.249 e. The summed E-state index contributed by atoms with van der Waals surface area (Å²) >= 11 is 0. The zero-order valence-corrected chi connectivity index (χ0v) is 10.7. The number of nitrogen functional groups attached to an aromatic ring is 1. The van der Waals surface area contributed by atoms with Gasteiger partial charge in [-0.05, 0) is 24.3 Å². The highest BCUT2D eigenvalue weighted by Gasteiger charge is 2.08. The highest BCUT2D eigenvalue weighted by molar-refractivity contribution is 5.94. The maximum atomic E-state index is 11.3. The molecule has 100 valence electrons. The van der Waals surface area contributed by atoms with E-state index < -0.39 is 5.91 Å². The number of amides is 1. The standard InChI is InChI=1S/C15H13N3O2/c16-8-10-5-6-14(13(17)7-10)20-9-11-3-1-2-4-12(11)15(18)19/h1-7H,9,17H2,(H2,18,19). The third kappa shape index (κ3) is 2.87. The average Bonchev–Trinajstić information content (AvgIpc) is 2.46. The van der Waals surface area contributed by atoms with E-state index in [2.05, 4.69) is 0 Å². The summed E-state index contributed by atoms with van der Waals surface area (Å²) < 4.78 is 5.57. The van der Waals surface area contributed by atoms with Gasteiger partial charge in [0.25, 0.3) is 0 Å². The fraction of sp³-hybridized carbons (Fsp3) is 0.0667. The van der Waals surface area contributed by atoms with Crippen molar-refractivity contribution in [2.24, 2.45) is 5.73 Å². The number of anilines is 1. The Labute approximate surface area is 116 Å². The average molecular weight is 267 g/mol. The fourth-order valence-corrected chi connectivity index (χ4v) is 1.79. The van der Waals surface area contributed by atoms with Gasteiger partial charge in [-0.25, -0.2) is 0 Å². The van der Waals surface area contributed by atoms with Crippen molar-refractivity contribution in [1.82, 2.24) is 0 Å². The Kier molecular flexibility index (Phi) is 3.87. The minimum atomic E-state index is -0.503. The minimum absolute atomic E-state index is 0.176. The van der Waals surface area contributed by atoms with E-state index in [0.717, 1.165) is 0 Å². The summed E-state index contributed by atoms with van der Waals surface area (Å²) in [4.78, 5) is 11.3. The Morgan fingerprint density at radius 1 is 1.25 bits per heavy atom. The molecular formula is C15H13N3O2. The Bertz CT molecular complexity index is 690. The second-order valence-corrected chi connectivity index (χ2v) is 4.17. The zero-order chi connectivity index (χ0) is 14.5. The molecule has 0 aliphatic rings. The number of nitriles is 1. The molecule has 0 unspecified atom stereocenters. The van der Waals surface area contributed by atoms with Crippen LogP contribution < -0.4 is 16.2 Å².